The van der Waals surface area contributed by atoms with E-state index in [4.69, 9.17) is 14.2 Å². The van der Waals surface area contributed by atoms with Crippen molar-refractivity contribution in [3.05, 3.63) is 108 Å². The van der Waals surface area contributed by atoms with E-state index in [1.54, 1.807) is 24.3 Å². The minimum atomic E-state index is -0.824. The minimum Gasteiger partial charge on any atom is -0.870 e. The second kappa shape index (κ2) is 23.3. The van der Waals surface area contributed by atoms with Crippen molar-refractivity contribution in [2.75, 3.05) is 19.8 Å². The van der Waals surface area contributed by atoms with Crippen molar-refractivity contribution in [3.63, 3.8) is 0 Å². The number of ether oxygens (including phenoxy) is 3. The number of esters is 1. The predicted molar refractivity (Wildman–Crippen MR) is 214 cm³/mol. The average Bonchev–Trinajstić information content (AvgIpc) is 4.09. The van der Waals surface area contributed by atoms with Crippen LogP contribution in [0.2, 0.25) is 0 Å². The van der Waals surface area contributed by atoms with Crippen molar-refractivity contribution < 1.29 is 67.5 Å². The summed E-state index contributed by atoms with van der Waals surface area (Å²) < 4.78 is 44.1. The Balaban J connectivity index is 0.000000375. The van der Waals surface area contributed by atoms with Crippen molar-refractivity contribution in [1.29, 1.82) is 0 Å². The van der Waals surface area contributed by atoms with Crippen LogP contribution in [0.3, 0.4) is 0 Å². The van der Waals surface area contributed by atoms with Gasteiger partial charge in [0.25, 0.3) is 0 Å². The second-order valence-corrected chi connectivity index (χ2v) is 15.5. The molecule has 2 atom stereocenters. The third kappa shape index (κ3) is 14.9. The zero-order valence-electron chi connectivity index (χ0n) is 34.1. The van der Waals surface area contributed by atoms with E-state index < -0.39 is 11.9 Å². The van der Waals surface area contributed by atoms with E-state index in [1.165, 1.54) is 49.9 Å². The largest absolute Gasteiger partial charge is 1.00 e. The number of carbonyl (C=O) groups excluding carboxylic acids is 1. The topological polar surface area (TPSA) is 144 Å². The summed E-state index contributed by atoms with van der Waals surface area (Å²) in [6.07, 6.45) is 6.09. The first-order valence-electron chi connectivity index (χ1n) is 19.4. The van der Waals surface area contributed by atoms with Gasteiger partial charge in [0, 0.05) is 11.1 Å². The Morgan fingerprint density at radius 1 is 0.667 bits per heavy atom. The van der Waals surface area contributed by atoms with Gasteiger partial charge in [-0.05, 0) is 140 Å². The number of hydrogen-bond acceptors (Lipinski definition) is 6. The van der Waals surface area contributed by atoms with Crippen LogP contribution < -0.4 is 28.3 Å². The van der Waals surface area contributed by atoms with Crippen LogP contribution in [0.1, 0.15) is 96.1 Å². The van der Waals surface area contributed by atoms with Gasteiger partial charge in [0.2, 0.25) is 0 Å². The van der Waals surface area contributed by atoms with E-state index in [2.05, 4.69) is 13.8 Å². The molecule has 4 aromatic rings. The first kappa shape index (κ1) is 48.9. The Bertz CT molecular complexity index is 1840. The number of carbonyl (C=O) groups is 2. The Kier molecular flexibility index (Phi) is 20.0. The summed E-state index contributed by atoms with van der Waals surface area (Å²) in [5, 5.41) is 9.65. The number of rotatable bonds is 17. The number of benzene rings is 4. The average molecular weight is 783 g/mol. The second-order valence-electron chi connectivity index (χ2n) is 15.5. The van der Waals surface area contributed by atoms with Crippen LogP contribution in [0.4, 0.5) is 8.78 Å². The molecule has 2 fully saturated rings. The SMILES string of the molecule is CC(C)CC(C(=O)O)c1ccc(OCC2CC2)c(-c2ccc(F)cc2)c1.CCOC(=O)C(CC(C)C)c1ccc(OCC2CC2)c(-c2ccc(F)cc2)c1.O.[Li+].[OH-]. The third-order valence-corrected chi connectivity index (χ3v) is 9.75. The summed E-state index contributed by atoms with van der Waals surface area (Å²) in [5.74, 6) is 0.892. The Hall–Kier alpha value is -4.20. The molecule has 8 nitrogen and oxygen atoms in total. The molecule has 2 unspecified atom stereocenters. The summed E-state index contributed by atoms with van der Waals surface area (Å²) >= 11 is 0. The molecule has 2 aliphatic carbocycles. The van der Waals surface area contributed by atoms with Crippen molar-refractivity contribution in [2.24, 2.45) is 23.7 Å². The molecule has 11 heteroatoms. The fourth-order valence-electron chi connectivity index (χ4n) is 6.41. The van der Waals surface area contributed by atoms with Crippen molar-refractivity contribution in [2.45, 2.75) is 85.0 Å². The summed E-state index contributed by atoms with van der Waals surface area (Å²) in [5.41, 5.74) is 5.07. The zero-order chi connectivity index (χ0) is 38.8. The molecule has 57 heavy (non-hydrogen) atoms. The molecule has 6 rings (SSSR count). The molecule has 0 aliphatic heterocycles. The summed E-state index contributed by atoms with van der Waals surface area (Å²) in [4.78, 5) is 24.3. The molecule has 0 spiro atoms. The van der Waals surface area contributed by atoms with Crippen LogP contribution in [0.25, 0.3) is 22.3 Å². The van der Waals surface area contributed by atoms with Gasteiger partial charge in [0.1, 0.15) is 23.1 Å². The normalized spacial score (nSPS) is 14.1. The fraction of sp³-hybridized carbons (Fsp3) is 0.435. The molecule has 4 aromatic carbocycles. The van der Waals surface area contributed by atoms with E-state index in [0.717, 1.165) is 44.9 Å². The van der Waals surface area contributed by atoms with Crippen LogP contribution in [0.15, 0.2) is 84.9 Å². The van der Waals surface area contributed by atoms with Gasteiger partial charge in [-0.1, -0.05) is 64.1 Å². The molecular formula is C46H57F2LiO8. The number of halogens is 2. The van der Waals surface area contributed by atoms with Crippen LogP contribution in [-0.2, 0) is 14.3 Å². The molecule has 2 aliphatic rings. The maximum absolute atomic E-state index is 13.4. The van der Waals surface area contributed by atoms with E-state index in [9.17, 15) is 23.5 Å². The maximum Gasteiger partial charge on any atom is 1.00 e. The molecule has 0 radical (unpaired) electrons. The van der Waals surface area contributed by atoms with Gasteiger partial charge >= 0.3 is 30.8 Å². The van der Waals surface area contributed by atoms with E-state index >= 15 is 0 Å². The van der Waals surface area contributed by atoms with E-state index in [0.29, 0.717) is 50.4 Å². The summed E-state index contributed by atoms with van der Waals surface area (Å²) in [6.45, 7) is 11.8. The van der Waals surface area contributed by atoms with Gasteiger partial charge < -0.3 is 30.3 Å². The third-order valence-electron chi connectivity index (χ3n) is 9.75. The number of hydrogen-bond donors (Lipinski definition) is 1. The summed E-state index contributed by atoms with van der Waals surface area (Å²) in [7, 11) is 0. The van der Waals surface area contributed by atoms with Crippen LogP contribution in [0, 0.1) is 35.3 Å². The maximum atomic E-state index is 13.4. The Morgan fingerprint density at radius 2 is 1.05 bits per heavy atom. The van der Waals surface area contributed by atoms with Crippen LogP contribution in [0.5, 0.6) is 11.5 Å². The molecule has 0 saturated heterocycles. The molecule has 0 amide bonds. The van der Waals surface area contributed by atoms with Crippen LogP contribution >= 0.6 is 0 Å². The first-order valence-corrected chi connectivity index (χ1v) is 19.4. The molecule has 4 N–H and O–H groups in total. The standard InChI is InChI=1S/C24H29FO3.C22H25FO3.Li.2H2O/c1-4-27-24(26)22(13-16(2)3)19-9-12-23(28-15-17-5-6-17)21(14-19)18-7-10-20(25)11-8-18;1-14(2)11-20(22(24)25)17-7-10-21(26-13-15-3-4-15)19(12-17)16-5-8-18(23)9-6-16;;;/h7-12,14,16-17,22H,4-6,13,15H2,1-3H3;5-10,12,14-15,20H,3-4,11,13H2,1-2H3,(H,24,25);;2*1H2/q;;+1;;/p-1. The number of carboxylic acid groups (broad SMARTS) is 1. The molecule has 0 heterocycles. The number of aliphatic carboxylic acids is 1. The molecule has 0 aromatic heterocycles. The van der Waals surface area contributed by atoms with Gasteiger partial charge in [0.15, 0.2) is 0 Å². The monoisotopic (exact) mass is 782 g/mol. The molecular weight excluding hydrogens is 725 g/mol. The quantitative estimate of drug-likeness (QED) is 0.0865. The predicted octanol–water partition coefficient (Wildman–Crippen LogP) is 7.47. The van der Waals surface area contributed by atoms with E-state index in [1.807, 2.05) is 57.2 Å². The van der Waals surface area contributed by atoms with Crippen molar-refractivity contribution >= 4 is 11.9 Å². The van der Waals surface area contributed by atoms with Gasteiger partial charge in [-0.3, -0.25) is 9.59 Å². The fourth-order valence-corrected chi connectivity index (χ4v) is 6.41. The van der Waals surface area contributed by atoms with E-state index in [-0.39, 0.29) is 59.3 Å². The van der Waals surface area contributed by atoms with Gasteiger partial charge in [-0.15, -0.1) is 0 Å². The number of carboxylic acids is 1. The smallest absolute Gasteiger partial charge is 0.870 e. The van der Waals surface area contributed by atoms with Gasteiger partial charge in [0.05, 0.1) is 31.7 Å². The van der Waals surface area contributed by atoms with Crippen molar-refractivity contribution in [1.82, 2.24) is 0 Å². The van der Waals surface area contributed by atoms with Gasteiger partial charge in [-0.25, -0.2) is 8.78 Å². The van der Waals surface area contributed by atoms with Crippen LogP contribution in [-0.4, -0.2) is 47.8 Å². The Morgan fingerprint density at radius 3 is 1.40 bits per heavy atom. The minimum absolute atomic E-state index is 0. The van der Waals surface area contributed by atoms with Crippen molar-refractivity contribution in [3.8, 4) is 33.8 Å². The zero-order valence-corrected chi connectivity index (χ0v) is 34.1. The molecule has 304 valence electrons. The first-order chi connectivity index (χ1) is 25.9. The summed E-state index contributed by atoms with van der Waals surface area (Å²) in [6, 6.07) is 24.1. The Labute approximate surface area is 348 Å². The molecule has 2 saturated carbocycles. The molecule has 0 bridgehead atoms. The van der Waals surface area contributed by atoms with Gasteiger partial charge in [-0.2, -0.15) is 0 Å².